The minimum absolute atomic E-state index is 0.0208. The van der Waals surface area contributed by atoms with E-state index in [1.54, 1.807) is 23.9 Å². The number of hydrogen-bond donors (Lipinski definition) is 6. The third kappa shape index (κ3) is 12.3. The molecule has 0 saturated carbocycles. The number of nitrogens with one attached hydrogen (secondary N) is 3. The Morgan fingerprint density at radius 1 is 0.838 bits per heavy atom. The van der Waals surface area contributed by atoms with Crippen LogP contribution in [0.1, 0.15) is 52.5 Å². The molecule has 0 spiro atoms. The predicted molar refractivity (Wildman–Crippen MR) is 145 cm³/mol. The first-order valence-corrected chi connectivity index (χ1v) is 13.9. The molecule has 208 valence electrons. The van der Waals surface area contributed by atoms with Crippen molar-refractivity contribution in [2.45, 2.75) is 77.5 Å². The van der Waals surface area contributed by atoms with Crippen LogP contribution < -0.4 is 21.7 Å². The quantitative estimate of drug-likeness (QED) is 0.184. The molecule has 3 amide bonds. The maximum Gasteiger partial charge on any atom is 0.326 e. The molecule has 0 fully saturated rings. The van der Waals surface area contributed by atoms with Crippen molar-refractivity contribution < 1.29 is 29.4 Å². The average Bonchev–Trinajstić information content (AvgIpc) is 2.81. The Balaban J connectivity index is 3.13. The maximum atomic E-state index is 13.3. The molecule has 0 radical (unpaired) electrons. The fourth-order valence-electron chi connectivity index (χ4n) is 3.67. The van der Waals surface area contributed by atoms with Crippen molar-refractivity contribution in [2.24, 2.45) is 17.6 Å². The van der Waals surface area contributed by atoms with Crippen LogP contribution in [0.15, 0.2) is 24.3 Å². The number of nitrogens with two attached hydrogens (primary N) is 1. The Labute approximate surface area is 223 Å². The number of phenolic OH excluding ortho intramolecular Hbond substituents is 1. The van der Waals surface area contributed by atoms with E-state index in [1.165, 1.54) is 12.1 Å². The minimum Gasteiger partial charge on any atom is -0.508 e. The van der Waals surface area contributed by atoms with E-state index in [-0.39, 0.29) is 30.4 Å². The van der Waals surface area contributed by atoms with Gasteiger partial charge in [-0.1, -0.05) is 39.8 Å². The molecule has 0 aromatic heterocycles. The topological polar surface area (TPSA) is 171 Å². The molecule has 0 aliphatic heterocycles. The van der Waals surface area contributed by atoms with Gasteiger partial charge in [0, 0.05) is 6.42 Å². The number of aliphatic carboxylic acids is 1. The van der Waals surface area contributed by atoms with E-state index in [0.29, 0.717) is 24.2 Å². The van der Waals surface area contributed by atoms with Crippen LogP contribution in [0.25, 0.3) is 0 Å². The molecule has 11 heteroatoms. The van der Waals surface area contributed by atoms with Crippen LogP contribution in [0, 0.1) is 11.8 Å². The molecule has 1 aromatic carbocycles. The molecule has 0 bridgehead atoms. The molecule has 1 aromatic rings. The summed E-state index contributed by atoms with van der Waals surface area (Å²) in [5, 5.41) is 27.1. The first kappa shape index (κ1) is 32.2. The zero-order valence-corrected chi connectivity index (χ0v) is 23.1. The number of hydrogen-bond acceptors (Lipinski definition) is 7. The van der Waals surface area contributed by atoms with E-state index in [9.17, 15) is 29.4 Å². The number of carbonyl (C=O) groups is 4. The van der Waals surface area contributed by atoms with Crippen LogP contribution in [-0.2, 0) is 25.6 Å². The van der Waals surface area contributed by atoms with Crippen molar-refractivity contribution >= 4 is 35.5 Å². The van der Waals surface area contributed by atoms with Gasteiger partial charge in [-0.05, 0) is 60.8 Å². The van der Waals surface area contributed by atoms with Gasteiger partial charge in [0.2, 0.25) is 17.7 Å². The van der Waals surface area contributed by atoms with Gasteiger partial charge in [0.25, 0.3) is 0 Å². The van der Waals surface area contributed by atoms with Gasteiger partial charge in [0.05, 0.1) is 6.04 Å². The lowest BCUT2D eigenvalue weighted by molar-refractivity contribution is -0.142. The summed E-state index contributed by atoms with van der Waals surface area (Å²) in [7, 11) is 0. The molecule has 10 nitrogen and oxygen atoms in total. The molecular weight excluding hydrogens is 496 g/mol. The highest BCUT2D eigenvalue weighted by atomic mass is 32.2. The van der Waals surface area contributed by atoms with Crippen molar-refractivity contribution in [3.05, 3.63) is 29.8 Å². The molecule has 7 N–H and O–H groups in total. The van der Waals surface area contributed by atoms with Gasteiger partial charge < -0.3 is 31.9 Å². The van der Waals surface area contributed by atoms with E-state index in [1.807, 2.05) is 34.0 Å². The number of phenols is 1. The number of aromatic hydroxyl groups is 1. The molecule has 4 unspecified atom stereocenters. The van der Waals surface area contributed by atoms with Gasteiger partial charge in [0.1, 0.15) is 23.9 Å². The first-order valence-electron chi connectivity index (χ1n) is 12.5. The molecule has 37 heavy (non-hydrogen) atoms. The molecule has 1 rings (SSSR count). The molecule has 0 aliphatic carbocycles. The summed E-state index contributed by atoms with van der Waals surface area (Å²) in [5.41, 5.74) is 6.62. The second-order valence-corrected chi connectivity index (χ2v) is 11.0. The van der Waals surface area contributed by atoms with Crippen molar-refractivity contribution in [1.29, 1.82) is 0 Å². The van der Waals surface area contributed by atoms with Gasteiger partial charge in [-0.25, -0.2) is 4.79 Å². The summed E-state index contributed by atoms with van der Waals surface area (Å²) < 4.78 is 0. The van der Waals surface area contributed by atoms with E-state index in [0.717, 1.165) is 0 Å². The molecule has 0 aliphatic rings. The normalized spacial score (nSPS) is 14.5. The van der Waals surface area contributed by atoms with Crippen molar-refractivity contribution in [3.63, 3.8) is 0 Å². The van der Waals surface area contributed by atoms with Crippen LogP contribution in [0.3, 0.4) is 0 Å². The zero-order chi connectivity index (χ0) is 28.1. The lowest BCUT2D eigenvalue weighted by Gasteiger charge is -2.26. The van der Waals surface area contributed by atoms with Gasteiger partial charge in [-0.3, -0.25) is 14.4 Å². The summed E-state index contributed by atoms with van der Waals surface area (Å²) in [6.45, 7) is 7.51. The number of carbonyl (C=O) groups excluding carboxylic acids is 3. The Hall–Kier alpha value is -2.79. The molecule has 4 atom stereocenters. The predicted octanol–water partition coefficient (Wildman–Crippen LogP) is 1.65. The Bertz CT molecular complexity index is 894. The maximum absolute atomic E-state index is 13.3. The summed E-state index contributed by atoms with van der Waals surface area (Å²) in [4.78, 5) is 50.8. The van der Waals surface area contributed by atoms with Gasteiger partial charge in [-0.15, -0.1) is 0 Å². The average molecular weight is 539 g/mol. The largest absolute Gasteiger partial charge is 0.508 e. The zero-order valence-electron chi connectivity index (χ0n) is 22.3. The Morgan fingerprint density at radius 2 is 1.32 bits per heavy atom. The van der Waals surface area contributed by atoms with Crippen molar-refractivity contribution in [2.75, 3.05) is 12.0 Å². The summed E-state index contributed by atoms with van der Waals surface area (Å²) in [6, 6.07) is 2.24. The number of amides is 3. The van der Waals surface area contributed by atoms with Crippen LogP contribution >= 0.6 is 11.8 Å². The SMILES string of the molecule is CSCCC(N)C(=O)NC(CC(C)C)C(=O)NC(Cc1ccc(O)cc1)C(=O)NC(CC(C)C)C(=O)O. The number of carboxylic acid groups (broad SMARTS) is 1. The smallest absolute Gasteiger partial charge is 0.326 e. The van der Waals surface area contributed by atoms with Crippen LogP contribution in [0.5, 0.6) is 5.75 Å². The van der Waals surface area contributed by atoms with Crippen LogP contribution in [0.2, 0.25) is 0 Å². The lowest BCUT2D eigenvalue weighted by Crippen LogP contribution is -2.58. The second kappa shape index (κ2) is 16.1. The van der Waals surface area contributed by atoms with Crippen LogP contribution in [-0.4, -0.2) is 70.1 Å². The molecular formula is C26H42N4O6S. The van der Waals surface area contributed by atoms with E-state index in [4.69, 9.17) is 5.73 Å². The fourth-order valence-corrected chi connectivity index (χ4v) is 4.16. The lowest BCUT2D eigenvalue weighted by atomic mass is 9.99. The van der Waals surface area contributed by atoms with Gasteiger partial charge >= 0.3 is 5.97 Å². The molecule has 0 saturated heterocycles. The van der Waals surface area contributed by atoms with Crippen molar-refractivity contribution in [1.82, 2.24) is 16.0 Å². The van der Waals surface area contributed by atoms with Crippen LogP contribution in [0.4, 0.5) is 0 Å². The first-order chi connectivity index (χ1) is 17.3. The number of rotatable bonds is 16. The highest BCUT2D eigenvalue weighted by Gasteiger charge is 2.31. The van der Waals surface area contributed by atoms with E-state index >= 15 is 0 Å². The van der Waals surface area contributed by atoms with Gasteiger partial charge in [-0.2, -0.15) is 11.8 Å². The number of benzene rings is 1. The Kier molecular flexibility index (Phi) is 14.1. The van der Waals surface area contributed by atoms with E-state index < -0.39 is 47.9 Å². The fraction of sp³-hybridized carbons (Fsp3) is 0.615. The molecule has 0 heterocycles. The highest BCUT2D eigenvalue weighted by Crippen LogP contribution is 2.13. The van der Waals surface area contributed by atoms with E-state index in [2.05, 4.69) is 16.0 Å². The third-order valence-corrected chi connectivity index (χ3v) is 6.28. The monoisotopic (exact) mass is 538 g/mol. The number of thioether (sulfide) groups is 1. The summed E-state index contributed by atoms with van der Waals surface area (Å²) >= 11 is 1.57. The van der Waals surface area contributed by atoms with Gasteiger partial charge in [0.15, 0.2) is 0 Å². The standard InChI is InChI=1S/C26H42N4O6S/c1-15(2)12-20(28-23(32)19(27)10-11-37-5)24(33)29-21(14-17-6-8-18(31)9-7-17)25(34)30-22(26(35)36)13-16(3)4/h6-9,15-16,19-22,31H,10-14,27H2,1-5H3,(H,28,32)(H,29,33)(H,30,34)(H,35,36). The third-order valence-electron chi connectivity index (χ3n) is 5.64. The van der Waals surface area contributed by atoms with Crippen molar-refractivity contribution in [3.8, 4) is 5.75 Å². The second-order valence-electron chi connectivity index (χ2n) is 10.0. The highest BCUT2D eigenvalue weighted by molar-refractivity contribution is 7.98. The minimum atomic E-state index is -1.17. The summed E-state index contributed by atoms with van der Waals surface area (Å²) in [5.74, 6) is -1.99. The Morgan fingerprint density at radius 3 is 1.84 bits per heavy atom. The summed E-state index contributed by atoms with van der Waals surface area (Å²) in [6.07, 6.45) is 2.98. The number of carboxylic acids is 1.